The first-order chi connectivity index (χ1) is 11.1. The maximum absolute atomic E-state index is 12.0. The van der Waals surface area contributed by atoms with Crippen LogP contribution in [0.2, 0.25) is 0 Å². The zero-order chi connectivity index (χ0) is 16.2. The SMILES string of the molecule is O=C1OCC(c2ccc(COS(=O)[O-])cc2)=C1c1ccccc1. The zero-order valence-electron chi connectivity index (χ0n) is 12.1. The minimum Gasteiger partial charge on any atom is -0.750 e. The van der Waals surface area contributed by atoms with Gasteiger partial charge in [0.1, 0.15) is 6.61 Å². The van der Waals surface area contributed by atoms with E-state index in [9.17, 15) is 13.6 Å². The Kier molecular flexibility index (Phi) is 4.66. The number of esters is 1. The van der Waals surface area contributed by atoms with Crippen LogP contribution in [0.3, 0.4) is 0 Å². The lowest BCUT2D eigenvalue weighted by atomic mass is 9.96. The Morgan fingerprint density at radius 2 is 1.74 bits per heavy atom. The largest absolute Gasteiger partial charge is 0.750 e. The van der Waals surface area contributed by atoms with E-state index in [0.29, 0.717) is 5.57 Å². The van der Waals surface area contributed by atoms with Crippen LogP contribution in [0, 0.1) is 0 Å². The molecule has 0 fully saturated rings. The minimum atomic E-state index is -2.53. The fourth-order valence-electron chi connectivity index (χ4n) is 2.45. The molecule has 1 aliphatic heterocycles. The van der Waals surface area contributed by atoms with E-state index in [1.54, 1.807) is 12.1 Å². The van der Waals surface area contributed by atoms with E-state index in [1.807, 2.05) is 42.5 Å². The molecule has 5 nitrogen and oxygen atoms in total. The van der Waals surface area contributed by atoms with Crippen LogP contribution in [0.15, 0.2) is 54.6 Å². The molecular weight excluding hydrogens is 316 g/mol. The summed E-state index contributed by atoms with van der Waals surface area (Å²) in [6, 6.07) is 16.5. The number of hydrogen-bond donors (Lipinski definition) is 0. The van der Waals surface area contributed by atoms with E-state index in [1.165, 1.54) is 0 Å². The Bertz CT molecular complexity index is 765. The summed E-state index contributed by atoms with van der Waals surface area (Å²) in [7, 11) is 0. The molecule has 0 saturated carbocycles. The first kappa shape index (κ1) is 15.6. The normalized spacial score (nSPS) is 15.6. The number of benzene rings is 2. The zero-order valence-corrected chi connectivity index (χ0v) is 12.9. The van der Waals surface area contributed by atoms with Crippen molar-refractivity contribution in [3.05, 3.63) is 71.3 Å². The molecule has 0 aromatic heterocycles. The number of carbonyl (C=O) groups is 1. The second-order valence-corrected chi connectivity index (χ2v) is 5.60. The third-order valence-electron chi connectivity index (χ3n) is 3.54. The van der Waals surface area contributed by atoms with Gasteiger partial charge in [-0.1, -0.05) is 54.6 Å². The van der Waals surface area contributed by atoms with Crippen LogP contribution in [-0.2, 0) is 31.7 Å². The molecule has 0 N–H and O–H groups in total. The Labute approximate surface area is 136 Å². The molecule has 6 heteroatoms. The van der Waals surface area contributed by atoms with Crippen LogP contribution >= 0.6 is 0 Å². The highest BCUT2D eigenvalue weighted by atomic mass is 32.2. The summed E-state index contributed by atoms with van der Waals surface area (Å²) in [5, 5.41) is 0. The number of ether oxygens (including phenoxy) is 1. The van der Waals surface area contributed by atoms with Gasteiger partial charge in [-0.2, -0.15) is 0 Å². The van der Waals surface area contributed by atoms with Crippen LogP contribution in [-0.4, -0.2) is 21.3 Å². The molecule has 118 valence electrons. The molecule has 1 aliphatic rings. The molecule has 0 radical (unpaired) electrons. The van der Waals surface area contributed by atoms with E-state index in [4.69, 9.17) is 4.74 Å². The van der Waals surface area contributed by atoms with Crippen LogP contribution < -0.4 is 0 Å². The van der Waals surface area contributed by atoms with Gasteiger partial charge >= 0.3 is 5.97 Å². The van der Waals surface area contributed by atoms with Crippen molar-refractivity contribution < 1.29 is 22.5 Å². The molecule has 0 amide bonds. The van der Waals surface area contributed by atoms with E-state index >= 15 is 0 Å². The van der Waals surface area contributed by atoms with Crippen molar-refractivity contribution in [2.24, 2.45) is 0 Å². The molecule has 0 bridgehead atoms. The lowest BCUT2D eigenvalue weighted by Gasteiger charge is -2.08. The maximum atomic E-state index is 12.0. The summed E-state index contributed by atoms with van der Waals surface area (Å²) in [4.78, 5) is 12.0. The summed E-state index contributed by atoms with van der Waals surface area (Å²) < 4.78 is 30.5. The predicted molar refractivity (Wildman–Crippen MR) is 84.4 cm³/mol. The molecule has 1 heterocycles. The van der Waals surface area contributed by atoms with Crippen molar-refractivity contribution in [3.8, 4) is 0 Å². The van der Waals surface area contributed by atoms with E-state index in [2.05, 4.69) is 4.18 Å². The molecule has 3 rings (SSSR count). The lowest BCUT2D eigenvalue weighted by Crippen LogP contribution is -1.98. The second-order valence-electron chi connectivity index (χ2n) is 4.96. The average molecular weight is 329 g/mol. The number of carbonyl (C=O) groups excluding carboxylic acids is 1. The van der Waals surface area contributed by atoms with Crippen molar-refractivity contribution in [1.82, 2.24) is 0 Å². The quantitative estimate of drug-likeness (QED) is 0.622. The van der Waals surface area contributed by atoms with Crippen LogP contribution in [0.25, 0.3) is 11.1 Å². The van der Waals surface area contributed by atoms with E-state index in [0.717, 1.165) is 22.3 Å². The number of cyclic esters (lactones) is 1. The van der Waals surface area contributed by atoms with Crippen LogP contribution in [0.4, 0.5) is 0 Å². The Hall–Kier alpha value is -2.28. The summed E-state index contributed by atoms with van der Waals surface area (Å²) in [6.07, 6.45) is 0. The van der Waals surface area contributed by atoms with E-state index in [-0.39, 0.29) is 19.2 Å². The van der Waals surface area contributed by atoms with Gasteiger partial charge in [-0.15, -0.1) is 0 Å². The van der Waals surface area contributed by atoms with Crippen molar-refractivity contribution in [2.75, 3.05) is 6.61 Å². The summed E-state index contributed by atoms with van der Waals surface area (Å²) >= 11 is -2.53. The third kappa shape index (κ3) is 3.56. The first-order valence-corrected chi connectivity index (χ1v) is 7.92. The van der Waals surface area contributed by atoms with Gasteiger partial charge < -0.3 is 9.29 Å². The first-order valence-electron chi connectivity index (χ1n) is 6.92. The lowest BCUT2D eigenvalue weighted by molar-refractivity contribution is -0.133. The van der Waals surface area contributed by atoms with Crippen molar-refractivity contribution in [3.63, 3.8) is 0 Å². The number of hydrogen-bond acceptors (Lipinski definition) is 5. The molecule has 2 aromatic carbocycles. The standard InChI is InChI=1S/C17H14O5S/c18-17-16(14-4-2-1-3-5-14)15(11-21-17)13-8-6-12(7-9-13)10-22-23(19)20/h1-9H,10-11H2,(H,19,20)/p-1. The summed E-state index contributed by atoms with van der Waals surface area (Å²) in [6.45, 7) is 0.208. The Morgan fingerprint density at radius 1 is 1.04 bits per heavy atom. The van der Waals surface area contributed by atoms with Gasteiger partial charge in [0.05, 0.1) is 23.5 Å². The second kappa shape index (κ2) is 6.87. The highest BCUT2D eigenvalue weighted by Crippen LogP contribution is 2.32. The van der Waals surface area contributed by atoms with Crippen molar-refractivity contribution in [1.29, 1.82) is 0 Å². The number of rotatable bonds is 5. The fourth-order valence-corrected chi connectivity index (χ4v) is 2.68. The maximum Gasteiger partial charge on any atom is 0.339 e. The Balaban J connectivity index is 1.91. The van der Waals surface area contributed by atoms with Crippen LogP contribution in [0.5, 0.6) is 0 Å². The summed E-state index contributed by atoms with van der Waals surface area (Å²) in [5.41, 5.74) is 3.79. The van der Waals surface area contributed by atoms with Gasteiger partial charge in [0.25, 0.3) is 0 Å². The monoisotopic (exact) mass is 329 g/mol. The van der Waals surface area contributed by atoms with Gasteiger partial charge in [0.2, 0.25) is 0 Å². The molecule has 23 heavy (non-hydrogen) atoms. The molecule has 2 aromatic rings. The molecular formula is C17H13O5S-. The molecule has 1 unspecified atom stereocenters. The van der Waals surface area contributed by atoms with Gasteiger partial charge in [-0.25, -0.2) is 9.00 Å². The predicted octanol–water partition coefficient (Wildman–Crippen LogP) is 2.46. The minimum absolute atomic E-state index is 0.0174. The summed E-state index contributed by atoms with van der Waals surface area (Å²) in [5.74, 6) is -0.333. The highest BCUT2D eigenvalue weighted by molar-refractivity contribution is 7.74. The van der Waals surface area contributed by atoms with Gasteiger partial charge in [-0.05, 0) is 16.7 Å². The van der Waals surface area contributed by atoms with Gasteiger partial charge in [0, 0.05) is 5.57 Å². The Morgan fingerprint density at radius 3 is 2.39 bits per heavy atom. The molecule has 1 atom stereocenters. The molecule has 0 saturated heterocycles. The molecule has 0 spiro atoms. The average Bonchev–Trinajstić information content (AvgIpc) is 2.96. The smallest absolute Gasteiger partial charge is 0.339 e. The van der Waals surface area contributed by atoms with Crippen molar-refractivity contribution >= 4 is 28.5 Å². The third-order valence-corrected chi connectivity index (χ3v) is 3.85. The van der Waals surface area contributed by atoms with Crippen molar-refractivity contribution in [2.45, 2.75) is 6.61 Å². The van der Waals surface area contributed by atoms with Gasteiger partial charge in [-0.3, -0.25) is 4.18 Å². The van der Waals surface area contributed by atoms with Crippen LogP contribution in [0.1, 0.15) is 16.7 Å². The highest BCUT2D eigenvalue weighted by Gasteiger charge is 2.26. The van der Waals surface area contributed by atoms with Gasteiger partial charge in [0.15, 0.2) is 0 Å². The topological polar surface area (TPSA) is 75.7 Å². The molecule has 0 aliphatic carbocycles. The fraction of sp³-hybridized carbons (Fsp3) is 0.118. The van der Waals surface area contributed by atoms with E-state index < -0.39 is 11.4 Å².